The minimum absolute atomic E-state index is 0.0349. The zero-order valence-corrected chi connectivity index (χ0v) is 12.4. The molecule has 1 aromatic carbocycles. The van der Waals surface area contributed by atoms with Crippen molar-refractivity contribution in [1.82, 2.24) is 10.6 Å². The molecule has 0 aliphatic rings. The molecule has 2 aromatic rings. The third kappa shape index (κ3) is 4.16. The lowest BCUT2D eigenvalue weighted by Gasteiger charge is -2.07. The average molecular weight is 317 g/mol. The fourth-order valence-corrected chi connectivity index (χ4v) is 1.95. The molecule has 120 valence electrons. The minimum atomic E-state index is -0.499. The summed E-state index contributed by atoms with van der Waals surface area (Å²) in [6, 6.07) is 7.28. The van der Waals surface area contributed by atoms with Crippen LogP contribution in [0, 0.1) is 17.0 Å². The van der Waals surface area contributed by atoms with Crippen molar-refractivity contribution in [3.05, 3.63) is 63.6 Å². The van der Waals surface area contributed by atoms with Crippen LogP contribution in [0.4, 0.5) is 5.69 Å². The van der Waals surface area contributed by atoms with Gasteiger partial charge in [-0.05, 0) is 31.2 Å². The van der Waals surface area contributed by atoms with Crippen LogP contribution >= 0.6 is 0 Å². The minimum Gasteiger partial charge on any atom is -0.459 e. The number of hydrogen-bond donors (Lipinski definition) is 2. The smallest absolute Gasteiger partial charge is 0.287 e. The van der Waals surface area contributed by atoms with Gasteiger partial charge in [-0.15, -0.1) is 0 Å². The molecule has 0 aliphatic heterocycles. The summed E-state index contributed by atoms with van der Waals surface area (Å²) in [5.74, 6) is -0.534. The summed E-state index contributed by atoms with van der Waals surface area (Å²) in [6.45, 7) is 2.02. The number of carbonyl (C=O) groups excluding carboxylic acids is 2. The second-order valence-corrected chi connectivity index (χ2v) is 4.75. The van der Waals surface area contributed by atoms with E-state index in [1.165, 1.54) is 30.5 Å². The molecule has 1 heterocycles. The zero-order chi connectivity index (χ0) is 16.8. The number of carbonyl (C=O) groups is 2. The first-order chi connectivity index (χ1) is 11.0. The Morgan fingerprint density at radius 1 is 1.17 bits per heavy atom. The number of nitrogens with zero attached hydrogens (tertiary/aromatic N) is 1. The van der Waals surface area contributed by atoms with Crippen molar-refractivity contribution < 1.29 is 18.9 Å². The standard InChI is InChI=1S/C15H15N3O5/c1-10-9-11(4-5-12(10)18(21)22)14(19)16-6-7-17-15(20)13-3-2-8-23-13/h2-5,8-9H,6-7H2,1H3,(H,16,19)(H,17,20). The summed E-state index contributed by atoms with van der Waals surface area (Å²) in [6.07, 6.45) is 1.40. The Labute approximate surface area is 131 Å². The SMILES string of the molecule is Cc1cc(C(=O)NCCNC(=O)c2ccco2)ccc1[N+](=O)[O-]. The Kier molecular flexibility index (Phi) is 5.08. The van der Waals surface area contributed by atoms with E-state index < -0.39 is 4.92 Å². The molecule has 8 nitrogen and oxygen atoms in total. The van der Waals surface area contributed by atoms with Crippen LogP contribution in [0.2, 0.25) is 0 Å². The first-order valence-electron chi connectivity index (χ1n) is 6.84. The van der Waals surface area contributed by atoms with Crippen LogP contribution < -0.4 is 10.6 Å². The topological polar surface area (TPSA) is 114 Å². The third-order valence-corrected chi connectivity index (χ3v) is 3.10. The van der Waals surface area contributed by atoms with Gasteiger partial charge in [-0.2, -0.15) is 0 Å². The van der Waals surface area contributed by atoms with Crippen LogP contribution in [-0.4, -0.2) is 29.8 Å². The van der Waals surface area contributed by atoms with E-state index in [1.54, 1.807) is 13.0 Å². The van der Waals surface area contributed by atoms with Gasteiger partial charge in [0.1, 0.15) is 0 Å². The van der Waals surface area contributed by atoms with Crippen molar-refractivity contribution in [2.75, 3.05) is 13.1 Å². The number of hydrogen-bond acceptors (Lipinski definition) is 5. The lowest BCUT2D eigenvalue weighted by Crippen LogP contribution is -2.34. The van der Waals surface area contributed by atoms with E-state index in [9.17, 15) is 19.7 Å². The predicted molar refractivity (Wildman–Crippen MR) is 81.2 cm³/mol. The van der Waals surface area contributed by atoms with Crippen LogP contribution in [-0.2, 0) is 0 Å². The van der Waals surface area contributed by atoms with Crippen LogP contribution in [0.5, 0.6) is 0 Å². The van der Waals surface area contributed by atoms with Gasteiger partial charge in [-0.25, -0.2) is 0 Å². The number of benzene rings is 1. The lowest BCUT2D eigenvalue weighted by molar-refractivity contribution is -0.385. The Hall–Kier alpha value is -3.16. The number of rotatable bonds is 6. The Balaban J connectivity index is 1.82. The molecular formula is C15H15N3O5. The molecule has 23 heavy (non-hydrogen) atoms. The summed E-state index contributed by atoms with van der Waals surface area (Å²) in [4.78, 5) is 33.8. The molecule has 0 saturated carbocycles. The predicted octanol–water partition coefficient (Wildman–Crippen LogP) is 1.66. The average Bonchev–Trinajstić information content (AvgIpc) is 3.05. The van der Waals surface area contributed by atoms with E-state index in [-0.39, 0.29) is 36.4 Å². The Morgan fingerprint density at radius 2 is 1.87 bits per heavy atom. The summed E-state index contributed by atoms with van der Waals surface area (Å²) >= 11 is 0. The summed E-state index contributed by atoms with van der Waals surface area (Å²) in [7, 11) is 0. The number of amides is 2. The van der Waals surface area contributed by atoms with E-state index in [1.807, 2.05) is 0 Å². The summed E-state index contributed by atoms with van der Waals surface area (Å²) in [5, 5.41) is 15.9. The zero-order valence-electron chi connectivity index (χ0n) is 12.4. The van der Waals surface area contributed by atoms with Crippen molar-refractivity contribution in [1.29, 1.82) is 0 Å². The number of nitrogens with one attached hydrogen (secondary N) is 2. The molecule has 0 bridgehead atoms. The van der Waals surface area contributed by atoms with E-state index >= 15 is 0 Å². The van der Waals surface area contributed by atoms with Crippen molar-refractivity contribution in [2.24, 2.45) is 0 Å². The first kappa shape index (κ1) is 16.2. The molecular weight excluding hydrogens is 302 g/mol. The number of nitro groups is 1. The molecule has 0 radical (unpaired) electrons. The van der Waals surface area contributed by atoms with Gasteiger partial charge in [0.25, 0.3) is 17.5 Å². The monoisotopic (exact) mass is 317 g/mol. The van der Waals surface area contributed by atoms with E-state index in [4.69, 9.17) is 4.42 Å². The van der Waals surface area contributed by atoms with Crippen molar-refractivity contribution >= 4 is 17.5 Å². The van der Waals surface area contributed by atoms with E-state index in [0.29, 0.717) is 11.1 Å². The second kappa shape index (κ2) is 7.21. The highest BCUT2D eigenvalue weighted by Crippen LogP contribution is 2.18. The highest BCUT2D eigenvalue weighted by molar-refractivity contribution is 5.95. The van der Waals surface area contributed by atoms with Gasteiger partial charge in [0.15, 0.2) is 5.76 Å². The fraction of sp³-hybridized carbons (Fsp3) is 0.200. The van der Waals surface area contributed by atoms with Gasteiger partial charge in [0.2, 0.25) is 0 Å². The van der Waals surface area contributed by atoms with Crippen molar-refractivity contribution in [2.45, 2.75) is 6.92 Å². The molecule has 2 amide bonds. The van der Waals surface area contributed by atoms with E-state index in [0.717, 1.165) is 0 Å². The number of aryl methyl sites for hydroxylation is 1. The molecule has 0 fully saturated rings. The maximum Gasteiger partial charge on any atom is 0.287 e. The molecule has 0 atom stereocenters. The lowest BCUT2D eigenvalue weighted by atomic mass is 10.1. The Bertz CT molecular complexity index is 725. The van der Waals surface area contributed by atoms with Gasteiger partial charge in [0, 0.05) is 30.3 Å². The summed E-state index contributed by atoms with van der Waals surface area (Å²) < 4.78 is 4.93. The Morgan fingerprint density at radius 3 is 2.43 bits per heavy atom. The molecule has 1 aromatic heterocycles. The number of nitro benzene ring substituents is 1. The van der Waals surface area contributed by atoms with Gasteiger partial charge < -0.3 is 15.1 Å². The van der Waals surface area contributed by atoms with Gasteiger partial charge >= 0.3 is 0 Å². The van der Waals surface area contributed by atoms with Crippen LogP contribution in [0.15, 0.2) is 41.0 Å². The fourth-order valence-electron chi connectivity index (χ4n) is 1.95. The van der Waals surface area contributed by atoms with Crippen LogP contribution in [0.3, 0.4) is 0 Å². The molecule has 0 spiro atoms. The molecule has 0 aliphatic carbocycles. The maximum atomic E-state index is 11.9. The van der Waals surface area contributed by atoms with Crippen molar-refractivity contribution in [3.8, 4) is 0 Å². The third-order valence-electron chi connectivity index (χ3n) is 3.10. The highest BCUT2D eigenvalue weighted by Gasteiger charge is 2.13. The molecule has 2 rings (SSSR count). The van der Waals surface area contributed by atoms with Crippen LogP contribution in [0.25, 0.3) is 0 Å². The van der Waals surface area contributed by atoms with Crippen LogP contribution in [0.1, 0.15) is 26.5 Å². The van der Waals surface area contributed by atoms with Crippen molar-refractivity contribution in [3.63, 3.8) is 0 Å². The van der Waals surface area contributed by atoms with Gasteiger partial charge in [-0.1, -0.05) is 0 Å². The molecule has 2 N–H and O–H groups in total. The summed E-state index contributed by atoms with van der Waals surface area (Å²) in [5.41, 5.74) is 0.700. The first-order valence-corrected chi connectivity index (χ1v) is 6.84. The molecule has 0 saturated heterocycles. The highest BCUT2D eigenvalue weighted by atomic mass is 16.6. The maximum absolute atomic E-state index is 11.9. The second-order valence-electron chi connectivity index (χ2n) is 4.75. The van der Waals surface area contributed by atoms with Gasteiger partial charge in [0.05, 0.1) is 11.2 Å². The normalized spacial score (nSPS) is 10.1. The largest absolute Gasteiger partial charge is 0.459 e. The quantitative estimate of drug-likeness (QED) is 0.477. The van der Waals surface area contributed by atoms with E-state index in [2.05, 4.69) is 10.6 Å². The van der Waals surface area contributed by atoms with Gasteiger partial charge in [-0.3, -0.25) is 19.7 Å². The molecule has 0 unspecified atom stereocenters. The number of furan rings is 1. The molecule has 8 heteroatoms.